The molecule has 12 rings (SSSR count). The Bertz CT molecular complexity index is 3480. The van der Waals surface area contributed by atoms with Crippen LogP contribution in [0.2, 0.25) is 13.1 Å². The quantitative estimate of drug-likeness (QED) is 0.164. The van der Waals surface area contributed by atoms with Gasteiger partial charge in [-0.3, -0.25) is 0 Å². The lowest BCUT2D eigenvalue weighted by Gasteiger charge is -2.19. The molecule has 1 aliphatic rings. The van der Waals surface area contributed by atoms with Crippen LogP contribution in [-0.2, 0) is 0 Å². The van der Waals surface area contributed by atoms with Crippen molar-refractivity contribution in [3.8, 4) is 62.1 Å². The molecule has 0 saturated carbocycles. The molecule has 8 aromatic carbocycles. The average Bonchev–Trinajstić information content (AvgIpc) is 3.92. The van der Waals surface area contributed by atoms with E-state index in [1.165, 1.54) is 21.5 Å². The highest BCUT2D eigenvalue weighted by atomic mass is 28.3. The van der Waals surface area contributed by atoms with Gasteiger partial charge < -0.3 is 8.98 Å². The second kappa shape index (κ2) is 12.8. The summed E-state index contributed by atoms with van der Waals surface area (Å²) in [6.45, 7) is 4.89. The second-order valence-corrected chi connectivity index (χ2v) is 20.3. The van der Waals surface area contributed by atoms with E-state index in [4.69, 9.17) is 19.4 Å². The van der Waals surface area contributed by atoms with E-state index in [0.29, 0.717) is 17.5 Å². The number of nitrogens with zero attached hydrogens (tertiary/aromatic N) is 4. The number of benzene rings is 8. The van der Waals surface area contributed by atoms with Crippen LogP contribution >= 0.6 is 0 Å². The smallest absolute Gasteiger partial charge is 0.166 e. The highest BCUT2D eigenvalue weighted by Gasteiger charge is 2.37. The molecule has 4 heterocycles. The maximum atomic E-state index is 7.06. The summed E-state index contributed by atoms with van der Waals surface area (Å²) in [5.74, 6) is 1.90. The molecule has 0 unspecified atom stereocenters. The molecular weight excluding hydrogens is 737 g/mol. The fourth-order valence-corrected chi connectivity index (χ4v) is 12.5. The molecule has 278 valence electrons. The molecule has 0 amide bonds. The first-order valence-electron chi connectivity index (χ1n) is 20.1. The zero-order valence-corrected chi connectivity index (χ0v) is 33.5. The van der Waals surface area contributed by atoms with Gasteiger partial charge in [0, 0.05) is 43.8 Å². The third-order valence-electron chi connectivity index (χ3n) is 12.3. The number of rotatable bonds is 5. The van der Waals surface area contributed by atoms with Crippen LogP contribution < -0.4 is 10.4 Å². The van der Waals surface area contributed by atoms with Crippen molar-refractivity contribution in [2.24, 2.45) is 0 Å². The Hall–Kier alpha value is -7.41. The van der Waals surface area contributed by atoms with Gasteiger partial charge in [0.25, 0.3) is 0 Å². The van der Waals surface area contributed by atoms with Gasteiger partial charge in [-0.05, 0) is 51.3 Å². The molecule has 0 fully saturated rings. The molecule has 0 aliphatic carbocycles. The minimum absolute atomic E-state index is 0.610. The Morgan fingerprint density at radius 1 is 0.407 bits per heavy atom. The summed E-state index contributed by atoms with van der Waals surface area (Å²) in [5, 5.41) is 7.32. The minimum atomic E-state index is -1.94. The van der Waals surface area contributed by atoms with Crippen molar-refractivity contribution in [2.75, 3.05) is 0 Å². The van der Waals surface area contributed by atoms with Gasteiger partial charge in [0.2, 0.25) is 0 Å². The average molecular weight is 773 g/mol. The molecule has 0 N–H and O–H groups in total. The van der Waals surface area contributed by atoms with Gasteiger partial charge in [0.05, 0.1) is 16.7 Å². The van der Waals surface area contributed by atoms with Crippen LogP contribution in [0, 0.1) is 0 Å². The predicted molar refractivity (Wildman–Crippen MR) is 245 cm³/mol. The Labute approximate surface area is 341 Å². The molecule has 0 saturated heterocycles. The van der Waals surface area contributed by atoms with Crippen molar-refractivity contribution in [3.05, 3.63) is 182 Å². The lowest BCUT2D eigenvalue weighted by Crippen LogP contribution is -2.49. The van der Waals surface area contributed by atoms with E-state index < -0.39 is 8.07 Å². The van der Waals surface area contributed by atoms with Crippen molar-refractivity contribution in [2.45, 2.75) is 13.1 Å². The highest BCUT2D eigenvalue weighted by Crippen LogP contribution is 2.44. The monoisotopic (exact) mass is 772 g/mol. The first-order chi connectivity index (χ1) is 29.0. The summed E-state index contributed by atoms with van der Waals surface area (Å²) in [6.07, 6.45) is 0. The van der Waals surface area contributed by atoms with Crippen LogP contribution in [0.4, 0.5) is 0 Å². The number of fused-ring (bicyclic) bond motifs is 10. The zero-order chi connectivity index (χ0) is 39.2. The Kier molecular flexibility index (Phi) is 7.31. The standard InChI is InChI=1S/C53H36N4OSi/c1-59(2)46-27-14-11-21-38(46)39-29-28-35(32-47(39)59)52-54-51(34-18-7-4-8-19-34)55-53(56-52)43-22-10-13-26-45(43)57-44-25-12-9-20-37(44)40-30-31-42-41-24-15-23-36(33-16-5-3-6-17-33)49(41)58-50(42)48(40)57/h3-32H,1-2H3. The van der Waals surface area contributed by atoms with E-state index in [2.05, 4.69) is 175 Å². The molecule has 0 spiro atoms. The van der Waals surface area contributed by atoms with E-state index in [9.17, 15) is 0 Å². The summed E-state index contributed by atoms with van der Waals surface area (Å²) in [4.78, 5) is 15.8. The fourth-order valence-electron chi connectivity index (χ4n) is 9.44. The van der Waals surface area contributed by atoms with Crippen LogP contribution in [-0.4, -0.2) is 27.6 Å². The molecular formula is C53H36N4OSi. The summed E-state index contributed by atoms with van der Waals surface area (Å²) in [5.41, 5.74) is 12.5. The molecule has 59 heavy (non-hydrogen) atoms. The van der Waals surface area contributed by atoms with Crippen molar-refractivity contribution in [1.82, 2.24) is 19.5 Å². The van der Waals surface area contributed by atoms with E-state index in [1.807, 2.05) is 24.3 Å². The minimum Gasteiger partial charge on any atom is -0.453 e. The number of aromatic nitrogens is 4. The Balaban J connectivity index is 1.11. The maximum absolute atomic E-state index is 7.06. The van der Waals surface area contributed by atoms with Gasteiger partial charge in [0.1, 0.15) is 13.7 Å². The molecule has 0 radical (unpaired) electrons. The van der Waals surface area contributed by atoms with Gasteiger partial charge >= 0.3 is 0 Å². The molecule has 0 bridgehead atoms. The third kappa shape index (κ3) is 5.06. The summed E-state index contributed by atoms with van der Waals surface area (Å²) >= 11 is 0. The molecule has 1 aliphatic heterocycles. The van der Waals surface area contributed by atoms with Gasteiger partial charge in [-0.1, -0.05) is 171 Å². The van der Waals surface area contributed by atoms with E-state index in [-0.39, 0.29) is 0 Å². The van der Waals surface area contributed by atoms with Crippen LogP contribution in [0.15, 0.2) is 186 Å². The number of para-hydroxylation sites is 3. The first-order valence-corrected chi connectivity index (χ1v) is 23.1. The van der Waals surface area contributed by atoms with Crippen molar-refractivity contribution in [1.29, 1.82) is 0 Å². The molecule has 11 aromatic rings. The van der Waals surface area contributed by atoms with Crippen molar-refractivity contribution in [3.63, 3.8) is 0 Å². The van der Waals surface area contributed by atoms with Crippen molar-refractivity contribution < 1.29 is 4.42 Å². The Morgan fingerprint density at radius 2 is 1.00 bits per heavy atom. The highest BCUT2D eigenvalue weighted by molar-refractivity contribution is 7.03. The van der Waals surface area contributed by atoms with Crippen LogP contribution in [0.1, 0.15) is 0 Å². The summed E-state index contributed by atoms with van der Waals surface area (Å²) in [6, 6.07) is 64.4. The van der Waals surface area contributed by atoms with E-state index in [0.717, 1.165) is 77.2 Å². The molecule has 5 nitrogen and oxygen atoms in total. The van der Waals surface area contributed by atoms with E-state index >= 15 is 0 Å². The number of furan rings is 1. The van der Waals surface area contributed by atoms with E-state index in [1.54, 1.807) is 0 Å². The normalized spacial score (nSPS) is 13.1. The lowest BCUT2D eigenvalue weighted by molar-refractivity contribution is 0.672. The molecule has 6 heteroatoms. The number of hydrogen-bond acceptors (Lipinski definition) is 4. The van der Waals surface area contributed by atoms with Crippen LogP contribution in [0.25, 0.3) is 106 Å². The van der Waals surface area contributed by atoms with Gasteiger partial charge in [-0.25, -0.2) is 15.0 Å². The number of hydrogen-bond donors (Lipinski definition) is 0. The SMILES string of the molecule is C[Si]1(C)c2ccccc2-c2ccc(-c3nc(-c4ccccc4)nc(-c4ccccc4-n4c5ccccc5c5ccc6c7cccc(-c8ccccc8)c7oc6c54)n3)cc21. The molecule has 3 aromatic heterocycles. The predicted octanol–water partition coefficient (Wildman–Crippen LogP) is 12.3. The lowest BCUT2D eigenvalue weighted by atomic mass is 10.0. The Morgan fingerprint density at radius 3 is 1.83 bits per heavy atom. The largest absolute Gasteiger partial charge is 0.453 e. The van der Waals surface area contributed by atoms with Gasteiger partial charge in [-0.2, -0.15) is 0 Å². The maximum Gasteiger partial charge on any atom is 0.166 e. The topological polar surface area (TPSA) is 56.7 Å². The summed E-state index contributed by atoms with van der Waals surface area (Å²) < 4.78 is 9.41. The van der Waals surface area contributed by atoms with Crippen molar-refractivity contribution >= 4 is 62.2 Å². The van der Waals surface area contributed by atoms with Crippen LogP contribution in [0.3, 0.4) is 0 Å². The van der Waals surface area contributed by atoms with Gasteiger partial charge in [-0.15, -0.1) is 0 Å². The summed E-state index contributed by atoms with van der Waals surface area (Å²) in [7, 11) is -1.94. The zero-order valence-electron chi connectivity index (χ0n) is 32.5. The third-order valence-corrected chi connectivity index (χ3v) is 15.8. The molecule has 0 atom stereocenters. The van der Waals surface area contributed by atoms with Crippen LogP contribution in [0.5, 0.6) is 0 Å². The second-order valence-electron chi connectivity index (χ2n) is 16.0. The fraction of sp³-hybridized carbons (Fsp3) is 0.0377. The van der Waals surface area contributed by atoms with Gasteiger partial charge in [0.15, 0.2) is 23.1 Å². The first kappa shape index (κ1) is 33.7.